The summed E-state index contributed by atoms with van der Waals surface area (Å²) in [5.41, 5.74) is 4.14. The lowest BCUT2D eigenvalue weighted by Gasteiger charge is -2.16. The van der Waals surface area contributed by atoms with Crippen LogP contribution in [-0.2, 0) is 22.6 Å². The van der Waals surface area contributed by atoms with Crippen molar-refractivity contribution >= 4 is 17.5 Å². The summed E-state index contributed by atoms with van der Waals surface area (Å²) in [6, 6.07) is 25.7. The van der Waals surface area contributed by atoms with Gasteiger partial charge in [0.2, 0.25) is 5.91 Å². The van der Waals surface area contributed by atoms with Crippen LogP contribution in [0.25, 0.3) is 0 Å². The molecular weight excluding hydrogens is 388 g/mol. The maximum atomic E-state index is 12.3. The van der Waals surface area contributed by atoms with Crippen molar-refractivity contribution in [1.82, 2.24) is 5.32 Å². The molecule has 1 aliphatic rings. The third-order valence-corrected chi connectivity index (χ3v) is 5.38. The molecule has 1 aliphatic heterocycles. The first kappa shape index (κ1) is 20.7. The number of hydrogen-bond acceptors (Lipinski definition) is 3. The smallest absolute Gasteiger partial charge is 0.258 e. The summed E-state index contributed by atoms with van der Waals surface area (Å²) in [5, 5.41) is 2.89. The fourth-order valence-corrected chi connectivity index (χ4v) is 3.72. The van der Waals surface area contributed by atoms with Crippen molar-refractivity contribution in [2.75, 3.05) is 18.1 Å². The zero-order valence-electron chi connectivity index (χ0n) is 17.4. The van der Waals surface area contributed by atoms with E-state index >= 15 is 0 Å². The Morgan fingerprint density at radius 2 is 1.65 bits per heavy atom. The summed E-state index contributed by atoms with van der Waals surface area (Å²) in [6.07, 6.45) is 2.28. The maximum absolute atomic E-state index is 12.3. The fourth-order valence-electron chi connectivity index (χ4n) is 3.72. The van der Waals surface area contributed by atoms with Crippen molar-refractivity contribution in [2.45, 2.75) is 25.8 Å². The molecule has 0 spiro atoms. The van der Waals surface area contributed by atoms with Gasteiger partial charge in [0.15, 0.2) is 6.61 Å². The standard InChI is InChI=1S/C26H26N2O3/c29-25(27-18-21-12-14-23(15-13-21)28-16-6-11-26(28)30)19-31-24-10-5-4-9-22(24)17-20-7-2-1-3-8-20/h1-5,7-10,12-15H,6,11,16-19H2,(H,27,29). The minimum atomic E-state index is -0.173. The third-order valence-electron chi connectivity index (χ3n) is 5.38. The lowest BCUT2D eigenvalue weighted by Crippen LogP contribution is -2.28. The van der Waals surface area contributed by atoms with Gasteiger partial charge in [-0.05, 0) is 41.3 Å². The first-order valence-corrected chi connectivity index (χ1v) is 10.6. The van der Waals surface area contributed by atoms with Crippen LogP contribution in [0.2, 0.25) is 0 Å². The molecule has 5 heteroatoms. The first-order valence-electron chi connectivity index (χ1n) is 10.6. The summed E-state index contributed by atoms with van der Waals surface area (Å²) in [7, 11) is 0. The maximum Gasteiger partial charge on any atom is 0.258 e. The van der Waals surface area contributed by atoms with E-state index in [9.17, 15) is 9.59 Å². The van der Waals surface area contributed by atoms with E-state index in [0.29, 0.717) is 13.0 Å². The molecule has 3 aromatic rings. The lowest BCUT2D eigenvalue weighted by atomic mass is 10.0. The number of carbonyl (C=O) groups is 2. The minimum Gasteiger partial charge on any atom is -0.483 e. The molecule has 3 aromatic carbocycles. The summed E-state index contributed by atoms with van der Waals surface area (Å²) < 4.78 is 5.80. The average Bonchev–Trinajstić information content (AvgIpc) is 3.24. The van der Waals surface area contributed by atoms with Crippen LogP contribution in [0.1, 0.15) is 29.5 Å². The number of rotatable bonds is 8. The molecule has 0 radical (unpaired) electrons. The second kappa shape index (κ2) is 9.94. The van der Waals surface area contributed by atoms with Crippen LogP contribution in [0.15, 0.2) is 78.9 Å². The molecule has 2 amide bonds. The van der Waals surface area contributed by atoms with E-state index in [1.54, 1.807) is 0 Å². The van der Waals surface area contributed by atoms with E-state index in [1.807, 2.05) is 71.6 Å². The normalized spacial score (nSPS) is 13.3. The van der Waals surface area contributed by atoms with Gasteiger partial charge in [-0.2, -0.15) is 0 Å². The highest BCUT2D eigenvalue weighted by atomic mass is 16.5. The van der Waals surface area contributed by atoms with Gasteiger partial charge in [-0.25, -0.2) is 0 Å². The highest BCUT2D eigenvalue weighted by molar-refractivity contribution is 5.95. The summed E-state index contributed by atoms with van der Waals surface area (Å²) in [5.74, 6) is 0.722. The van der Waals surface area contributed by atoms with Gasteiger partial charge in [0.05, 0.1) is 0 Å². The van der Waals surface area contributed by atoms with Crippen LogP contribution in [-0.4, -0.2) is 25.0 Å². The molecule has 0 aromatic heterocycles. The molecule has 158 valence electrons. The largest absolute Gasteiger partial charge is 0.483 e. The summed E-state index contributed by atoms with van der Waals surface area (Å²) >= 11 is 0. The van der Waals surface area contributed by atoms with E-state index in [0.717, 1.165) is 42.0 Å². The summed E-state index contributed by atoms with van der Waals surface area (Å²) in [6.45, 7) is 1.16. The number of nitrogens with zero attached hydrogens (tertiary/aromatic N) is 1. The zero-order valence-corrected chi connectivity index (χ0v) is 17.4. The number of nitrogens with one attached hydrogen (secondary N) is 1. The van der Waals surface area contributed by atoms with Gasteiger partial charge >= 0.3 is 0 Å². The quantitative estimate of drug-likeness (QED) is 0.604. The highest BCUT2D eigenvalue weighted by Gasteiger charge is 2.21. The first-order chi connectivity index (χ1) is 15.2. The van der Waals surface area contributed by atoms with Crippen LogP contribution in [0.3, 0.4) is 0 Å². The Hall–Kier alpha value is -3.60. The van der Waals surface area contributed by atoms with Crippen molar-refractivity contribution < 1.29 is 14.3 Å². The van der Waals surface area contributed by atoms with Crippen molar-refractivity contribution in [3.63, 3.8) is 0 Å². The Kier molecular flexibility index (Phi) is 6.62. The van der Waals surface area contributed by atoms with E-state index in [-0.39, 0.29) is 18.4 Å². The number of ether oxygens (including phenoxy) is 1. The Balaban J connectivity index is 1.28. The van der Waals surface area contributed by atoms with Crippen LogP contribution in [0.4, 0.5) is 5.69 Å². The predicted octanol–water partition coefficient (Wildman–Crippen LogP) is 4.10. The number of anilines is 1. The van der Waals surface area contributed by atoms with Crippen molar-refractivity contribution in [1.29, 1.82) is 0 Å². The number of benzene rings is 3. The molecule has 1 fully saturated rings. The topological polar surface area (TPSA) is 58.6 Å². The van der Waals surface area contributed by atoms with Crippen molar-refractivity contribution in [2.24, 2.45) is 0 Å². The molecular formula is C26H26N2O3. The molecule has 0 unspecified atom stereocenters. The molecule has 5 nitrogen and oxygen atoms in total. The molecule has 0 saturated carbocycles. The van der Waals surface area contributed by atoms with Gasteiger partial charge < -0.3 is 15.0 Å². The van der Waals surface area contributed by atoms with Gasteiger partial charge in [0.25, 0.3) is 5.91 Å². The Morgan fingerprint density at radius 1 is 0.903 bits per heavy atom. The molecule has 1 heterocycles. The van der Waals surface area contributed by atoms with Crippen LogP contribution in [0, 0.1) is 0 Å². The van der Waals surface area contributed by atoms with E-state index in [2.05, 4.69) is 17.4 Å². The Morgan fingerprint density at radius 3 is 2.39 bits per heavy atom. The van der Waals surface area contributed by atoms with E-state index < -0.39 is 0 Å². The third kappa shape index (κ3) is 5.51. The number of para-hydroxylation sites is 1. The number of carbonyl (C=O) groups excluding carboxylic acids is 2. The van der Waals surface area contributed by atoms with Gasteiger partial charge in [0, 0.05) is 31.6 Å². The van der Waals surface area contributed by atoms with Crippen molar-refractivity contribution in [3.8, 4) is 5.75 Å². The van der Waals surface area contributed by atoms with Gasteiger partial charge in [-0.1, -0.05) is 60.7 Å². The minimum absolute atomic E-state index is 0.0355. The second-order valence-electron chi connectivity index (χ2n) is 7.65. The zero-order chi connectivity index (χ0) is 21.5. The SMILES string of the molecule is O=C(COc1ccccc1Cc1ccccc1)NCc1ccc(N2CCCC2=O)cc1. The number of amides is 2. The monoisotopic (exact) mass is 414 g/mol. The van der Waals surface area contributed by atoms with E-state index in [1.165, 1.54) is 5.56 Å². The molecule has 1 saturated heterocycles. The van der Waals surface area contributed by atoms with Gasteiger partial charge in [0.1, 0.15) is 5.75 Å². The van der Waals surface area contributed by atoms with Gasteiger partial charge in [-0.3, -0.25) is 9.59 Å². The fraction of sp³-hybridized carbons (Fsp3) is 0.231. The second-order valence-corrected chi connectivity index (χ2v) is 7.65. The molecule has 4 rings (SSSR count). The Labute approximate surface area is 182 Å². The molecule has 0 bridgehead atoms. The van der Waals surface area contributed by atoms with Crippen molar-refractivity contribution in [3.05, 3.63) is 95.6 Å². The lowest BCUT2D eigenvalue weighted by molar-refractivity contribution is -0.123. The van der Waals surface area contributed by atoms with E-state index in [4.69, 9.17) is 4.74 Å². The molecule has 1 N–H and O–H groups in total. The van der Waals surface area contributed by atoms with Crippen LogP contribution < -0.4 is 15.0 Å². The number of hydrogen-bond donors (Lipinski definition) is 1. The highest BCUT2D eigenvalue weighted by Crippen LogP contribution is 2.22. The predicted molar refractivity (Wildman–Crippen MR) is 121 cm³/mol. The van der Waals surface area contributed by atoms with Crippen LogP contribution >= 0.6 is 0 Å². The molecule has 31 heavy (non-hydrogen) atoms. The average molecular weight is 415 g/mol. The summed E-state index contributed by atoms with van der Waals surface area (Å²) in [4.78, 5) is 25.9. The molecule has 0 atom stereocenters. The molecule has 0 aliphatic carbocycles. The Bertz CT molecular complexity index is 1030. The van der Waals surface area contributed by atoms with Crippen LogP contribution in [0.5, 0.6) is 5.75 Å². The van der Waals surface area contributed by atoms with Gasteiger partial charge in [-0.15, -0.1) is 0 Å².